The van der Waals surface area contributed by atoms with Crippen LogP contribution >= 0.6 is 0 Å². The Labute approximate surface area is 141 Å². The third-order valence-electron chi connectivity index (χ3n) is 2.99. The van der Waals surface area contributed by atoms with Crippen molar-refractivity contribution in [3.8, 4) is 0 Å². The highest BCUT2D eigenvalue weighted by molar-refractivity contribution is 5.87. The van der Waals surface area contributed by atoms with Gasteiger partial charge in [-0.25, -0.2) is 9.59 Å². The summed E-state index contributed by atoms with van der Waals surface area (Å²) < 4.78 is 9.90. The number of benzene rings is 2. The van der Waals surface area contributed by atoms with E-state index < -0.39 is 11.9 Å². The molecule has 0 heterocycles. The van der Waals surface area contributed by atoms with E-state index in [1.54, 1.807) is 12.2 Å². The minimum Gasteiger partial charge on any atom is -0.459 e. The summed E-state index contributed by atoms with van der Waals surface area (Å²) in [6, 6.07) is 18.8. The average molecular weight is 322 g/mol. The van der Waals surface area contributed by atoms with Crippen molar-refractivity contribution < 1.29 is 19.1 Å². The Morgan fingerprint density at radius 2 is 1.04 bits per heavy atom. The molecule has 0 radical (unpaired) electrons. The lowest BCUT2D eigenvalue weighted by Gasteiger charge is -2.02. The van der Waals surface area contributed by atoms with Gasteiger partial charge in [0.1, 0.15) is 13.2 Å². The third kappa shape index (κ3) is 6.75. The predicted octanol–water partition coefficient (Wildman–Crippen LogP) is 3.50. The Morgan fingerprint density at radius 1 is 0.667 bits per heavy atom. The summed E-state index contributed by atoms with van der Waals surface area (Å²) >= 11 is 0. The van der Waals surface area contributed by atoms with Gasteiger partial charge in [0.15, 0.2) is 0 Å². The van der Waals surface area contributed by atoms with Gasteiger partial charge in [0, 0.05) is 12.2 Å². The van der Waals surface area contributed by atoms with Gasteiger partial charge < -0.3 is 9.47 Å². The normalized spacial score (nSPS) is 10.8. The van der Waals surface area contributed by atoms with Gasteiger partial charge in [0.05, 0.1) is 0 Å². The molecule has 24 heavy (non-hydrogen) atoms. The van der Waals surface area contributed by atoms with Gasteiger partial charge in [0.25, 0.3) is 0 Å². The first-order chi connectivity index (χ1) is 11.7. The molecule has 0 atom stereocenters. The van der Waals surface area contributed by atoms with Crippen LogP contribution in [-0.4, -0.2) is 25.2 Å². The van der Waals surface area contributed by atoms with Crippen LogP contribution in [0.1, 0.15) is 11.1 Å². The molecule has 0 saturated carbocycles. The summed E-state index contributed by atoms with van der Waals surface area (Å²) in [6.07, 6.45) is 6.01. The lowest BCUT2D eigenvalue weighted by molar-refractivity contribution is -0.145. The first-order valence-electron chi connectivity index (χ1n) is 7.54. The minimum atomic E-state index is -0.477. The second kappa shape index (κ2) is 9.79. The highest BCUT2D eigenvalue weighted by atomic mass is 16.6. The van der Waals surface area contributed by atoms with Gasteiger partial charge in [-0.15, -0.1) is 0 Å². The Balaban J connectivity index is 1.63. The van der Waals surface area contributed by atoms with Crippen molar-refractivity contribution in [3.05, 3.63) is 83.9 Å². The van der Waals surface area contributed by atoms with Crippen LogP contribution in [0.2, 0.25) is 0 Å². The topological polar surface area (TPSA) is 52.6 Å². The maximum atomic E-state index is 11.5. The SMILES string of the molecule is O=C(/C=C/c1ccccc1)OCCOC(=O)/C=C/c1ccccc1. The number of esters is 2. The van der Waals surface area contributed by atoms with Crippen LogP contribution in [0.4, 0.5) is 0 Å². The van der Waals surface area contributed by atoms with Gasteiger partial charge in [-0.05, 0) is 23.3 Å². The number of carbonyl (C=O) groups is 2. The van der Waals surface area contributed by atoms with Crippen LogP contribution < -0.4 is 0 Å². The molecule has 0 spiro atoms. The predicted molar refractivity (Wildman–Crippen MR) is 92.9 cm³/mol. The van der Waals surface area contributed by atoms with Gasteiger partial charge >= 0.3 is 11.9 Å². The maximum absolute atomic E-state index is 11.5. The van der Waals surface area contributed by atoms with Gasteiger partial charge in [0.2, 0.25) is 0 Å². The van der Waals surface area contributed by atoms with Crippen LogP contribution in [0.25, 0.3) is 12.2 Å². The molecule has 2 rings (SSSR count). The molecular weight excluding hydrogens is 304 g/mol. The van der Waals surface area contributed by atoms with Crippen LogP contribution in [0.3, 0.4) is 0 Å². The molecule has 122 valence electrons. The van der Waals surface area contributed by atoms with E-state index in [9.17, 15) is 9.59 Å². The monoisotopic (exact) mass is 322 g/mol. The molecule has 0 saturated heterocycles. The number of hydrogen-bond acceptors (Lipinski definition) is 4. The molecule has 0 aromatic heterocycles. The van der Waals surface area contributed by atoms with Crippen LogP contribution in [0.15, 0.2) is 72.8 Å². The molecule has 2 aromatic rings. The Morgan fingerprint density at radius 3 is 1.42 bits per heavy atom. The van der Waals surface area contributed by atoms with Crippen molar-refractivity contribution >= 4 is 24.1 Å². The number of ether oxygens (including phenoxy) is 2. The highest BCUT2D eigenvalue weighted by Crippen LogP contribution is 2.02. The zero-order chi connectivity index (χ0) is 17.0. The van der Waals surface area contributed by atoms with Crippen molar-refractivity contribution in [2.75, 3.05) is 13.2 Å². The van der Waals surface area contributed by atoms with E-state index in [-0.39, 0.29) is 13.2 Å². The second-order valence-corrected chi connectivity index (χ2v) is 4.82. The standard InChI is InChI=1S/C20H18O4/c21-19(13-11-17-7-3-1-4-8-17)23-15-16-24-20(22)14-12-18-9-5-2-6-10-18/h1-14H,15-16H2/b13-11+,14-12+. The van der Waals surface area contributed by atoms with E-state index in [4.69, 9.17) is 9.47 Å². The summed E-state index contributed by atoms with van der Waals surface area (Å²) in [4.78, 5) is 23.0. The molecule has 0 N–H and O–H groups in total. The number of rotatable bonds is 7. The molecule has 0 aliphatic carbocycles. The van der Waals surface area contributed by atoms with Gasteiger partial charge in [-0.3, -0.25) is 0 Å². The minimum absolute atomic E-state index is 0.0167. The highest BCUT2D eigenvalue weighted by Gasteiger charge is 2.00. The summed E-state index contributed by atoms with van der Waals surface area (Å²) in [5, 5.41) is 0. The zero-order valence-electron chi connectivity index (χ0n) is 13.1. The summed E-state index contributed by atoms with van der Waals surface area (Å²) in [7, 11) is 0. The van der Waals surface area contributed by atoms with Crippen LogP contribution in [-0.2, 0) is 19.1 Å². The molecule has 0 aliphatic heterocycles. The Hall–Kier alpha value is -3.14. The van der Waals surface area contributed by atoms with Crippen LogP contribution in [0.5, 0.6) is 0 Å². The quantitative estimate of drug-likeness (QED) is 0.445. The van der Waals surface area contributed by atoms with Gasteiger partial charge in [-0.1, -0.05) is 60.7 Å². The molecule has 0 amide bonds. The fraction of sp³-hybridized carbons (Fsp3) is 0.100. The van der Waals surface area contributed by atoms with Crippen molar-refractivity contribution in [2.24, 2.45) is 0 Å². The fourth-order valence-electron chi connectivity index (χ4n) is 1.84. The molecule has 4 heteroatoms. The summed E-state index contributed by atoms with van der Waals surface area (Å²) in [5.74, 6) is -0.954. The molecule has 0 fully saturated rings. The van der Waals surface area contributed by atoms with E-state index in [0.717, 1.165) is 11.1 Å². The molecule has 2 aromatic carbocycles. The van der Waals surface area contributed by atoms with Crippen molar-refractivity contribution in [1.29, 1.82) is 0 Å². The van der Waals surface area contributed by atoms with E-state index in [0.29, 0.717) is 0 Å². The summed E-state index contributed by atoms with van der Waals surface area (Å²) in [6.45, 7) is 0.0335. The first kappa shape index (κ1) is 17.2. The Kier molecular flexibility index (Phi) is 7.02. The fourth-order valence-corrected chi connectivity index (χ4v) is 1.84. The van der Waals surface area contributed by atoms with Crippen molar-refractivity contribution in [2.45, 2.75) is 0 Å². The van der Waals surface area contributed by atoms with E-state index in [1.165, 1.54) is 12.2 Å². The first-order valence-corrected chi connectivity index (χ1v) is 7.54. The molecule has 4 nitrogen and oxygen atoms in total. The maximum Gasteiger partial charge on any atom is 0.330 e. The molecular formula is C20H18O4. The lowest BCUT2D eigenvalue weighted by atomic mass is 10.2. The smallest absolute Gasteiger partial charge is 0.330 e. The van der Waals surface area contributed by atoms with E-state index in [2.05, 4.69) is 0 Å². The number of carbonyl (C=O) groups excluding carboxylic acids is 2. The second-order valence-electron chi connectivity index (χ2n) is 4.82. The van der Waals surface area contributed by atoms with E-state index >= 15 is 0 Å². The van der Waals surface area contributed by atoms with Gasteiger partial charge in [-0.2, -0.15) is 0 Å². The molecule has 0 bridgehead atoms. The van der Waals surface area contributed by atoms with E-state index in [1.807, 2.05) is 60.7 Å². The largest absolute Gasteiger partial charge is 0.459 e. The zero-order valence-corrected chi connectivity index (χ0v) is 13.1. The Bertz CT molecular complexity index is 639. The lowest BCUT2D eigenvalue weighted by Crippen LogP contribution is -2.11. The molecule has 0 unspecified atom stereocenters. The third-order valence-corrected chi connectivity index (χ3v) is 2.99. The van der Waals surface area contributed by atoms with Crippen LogP contribution in [0, 0.1) is 0 Å². The van der Waals surface area contributed by atoms with Crippen molar-refractivity contribution in [3.63, 3.8) is 0 Å². The molecule has 0 aliphatic rings. The van der Waals surface area contributed by atoms with Crippen molar-refractivity contribution in [1.82, 2.24) is 0 Å². The summed E-state index contributed by atoms with van der Waals surface area (Å²) in [5.41, 5.74) is 1.82. The number of hydrogen-bond donors (Lipinski definition) is 0. The average Bonchev–Trinajstić information content (AvgIpc) is 2.63.